The van der Waals surface area contributed by atoms with Crippen molar-refractivity contribution in [3.05, 3.63) is 59.9 Å². The molecule has 0 bridgehead atoms. The minimum Gasteiger partial charge on any atom is -0.399 e. The predicted octanol–water partition coefficient (Wildman–Crippen LogP) is 4.65. The van der Waals surface area contributed by atoms with Crippen LogP contribution in [0.1, 0.15) is 33.3 Å². The monoisotopic (exact) mass is 363 g/mol. The van der Waals surface area contributed by atoms with E-state index in [2.05, 4.69) is 4.98 Å². The number of hydrogen-bond donors (Lipinski definition) is 0. The van der Waals surface area contributed by atoms with Crippen molar-refractivity contribution >= 4 is 23.5 Å². The first-order chi connectivity index (χ1) is 12.7. The Kier molecular flexibility index (Phi) is 4.13. The van der Waals surface area contributed by atoms with Crippen LogP contribution < -0.4 is 5.46 Å². The van der Waals surface area contributed by atoms with Crippen molar-refractivity contribution < 1.29 is 13.7 Å². The molecule has 4 rings (SSSR count). The second-order valence-corrected chi connectivity index (χ2v) is 8.14. The largest absolute Gasteiger partial charge is 0.497 e. The first kappa shape index (κ1) is 18.1. The second-order valence-electron chi connectivity index (χ2n) is 8.14. The summed E-state index contributed by atoms with van der Waals surface area (Å²) < 4.78 is 27.5. The first-order valence-electron chi connectivity index (χ1n) is 9.20. The lowest BCUT2D eigenvalue weighted by Gasteiger charge is -2.32. The summed E-state index contributed by atoms with van der Waals surface area (Å²) in [6.45, 7) is 9.82. The van der Waals surface area contributed by atoms with Crippen LogP contribution in [-0.4, -0.2) is 23.3 Å². The average molecular weight is 363 g/mol. The van der Waals surface area contributed by atoms with Gasteiger partial charge in [0.1, 0.15) is 11.3 Å². The van der Waals surface area contributed by atoms with E-state index in [4.69, 9.17) is 9.31 Å². The third-order valence-corrected chi connectivity index (χ3v) is 5.73. The molecule has 0 N–H and O–H groups in total. The fraction of sp³-hybridized carbons (Fsp3) is 0.318. The number of aryl methyl sites for hydroxylation is 1. The summed E-state index contributed by atoms with van der Waals surface area (Å²) >= 11 is 0. The molecule has 1 aromatic heterocycles. The van der Waals surface area contributed by atoms with Crippen LogP contribution in [-0.2, 0) is 9.31 Å². The number of aromatic nitrogens is 1. The number of hydrogen-bond acceptors (Lipinski definition) is 3. The number of halogens is 1. The summed E-state index contributed by atoms with van der Waals surface area (Å²) in [6, 6.07) is 15.4. The molecular formula is C22H23BFNO2. The van der Waals surface area contributed by atoms with E-state index < -0.39 is 18.3 Å². The molecule has 0 saturated carbocycles. The molecular weight excluding hydrogens is 340 g/mol. The van der Waals surface area contributed by atoms with Crippen molar-refractivity contribution in [3.63, 3.8) is 0 Å². The van der Waals surface area contributed by atoms with Crippen molar-refractivity contribution in [2.75, 3.05) is 0 Å². The van der Waals surface area contributed by atoms with Gasteiger partial charge in [0, 0.05) is 16.4 Å². The van der Waals surface area contributed by atoms with Crippen molar-refractivity contribution in [1.29, 1.82) is 0 Å². The molecule has 0 spiro atoms. The van der Waals surface area contributed by atoms with E-state index in [1.54, 1.807) is 6.07 Å². The van der Waals surface area contributed by atoms with Gasteiger partial charge in [-0.2, -0.15) is 0 Å². The van der Waals surface area contributed by atoms with Crippen LogP contribution in [0.2, 0.25) is 0 Å². The van der Waals surface area contributed by atoms with Gasteiger partial charge in [0.05, 0.1) is 16.9 Å². The van der Waals surface area contributed by atoms with Gasteiger partial charge in [-0.15, -0.1) is 0 Å². The Morgan fingerprint density at radius 1 is 0.926 bits per heavy atom. The zero-order valence-electron chi connectivity index (χ0n) is 16.3. The highest BCUT2D eigenvalue weighted by molar-refractivity contribution is 6.62. The molecule has 2 heterocycles. The van der Waals surface area contributed by atoms with Gasteiger partial charge in [-0.1, -0.05) is 42.5 Å². The Labute approximate surface area is 159 Å². The lowest BCUT2D eigenvalue weighted by molar-refractivity contribution is 0.00578. The van der Waals surface area contributed by atoms with Gasteiger partial charge in [0.2, 0.25) is 0 Å². The minimum absolute atomic E-state index is 0.348. The van der Waals surface area contributed by atoms with Crippen molar-refractivity contribution in [1.82, 2.24) is 4.98 Å². The molecule has 1 fully saturated rings. The third-order valence-electron chi connectivity index (χ3n) is 5.73. The van der Waals surface area contributed by atoms with Gasteiger partial charge in [0.15, 0.2) is 0 Å². The first-order valence-corrected chi connectivity index (χ1v) is 9.20. The number of pyridine rings is 1. The van der Waals surface area contributed by atoms with Gasteiger partial charge in [-0.25, -0.2) is 9.37 Å². The highest BCUT2D eigenvalue weighted by Crippen LogP contribution is 2.37. The normalized spacial score (nSPS) is 18.2. The third kappa shape index (κ3) is 2.95. The summed E-state index contributed by atoms with van der Waals surface area (Å²) in [7, 11) is -0.748. The number of benzene rings is 2. The molecule has 3 aromatic rings. The van der Waals surface area contributed by atoms with Crippen molar-refractivity contribution in [2.24, 2.45) is 0 Å². The van der Waals surface area contributed by atoms with Crippen LogP contribution in [0.4, 0.5) is 4.39 Å². The van der Waals surface area contributed by atoms with E-state index in [0.29, 0.717) is 11.0 Å². The average Bonchev–Trinajstić information content (AvgIpc) is 2.84. The van der Waals surface area contributed by atoms with E-state index in [0.717, 1.165) is 22.2 Å². The zero-order valence-corrected chi connectivity index (χ0v) is 16.3. The highest BCUT2D eigenvalue weighted by atomic mass is 19.1. The molecule has 0 aliphatic carbocycles. The Hall–Kier alpha value is -2.24. The number of fused-ring (bicyclic) bond motifs is 1. The van der Waals surface area contributed by atoms with E-state index in [-0.39, 0.29) is 5.82 Å². The van der Waals surface area contributed by atoms with Gasteiger partial charge in [-0.05, 0) is 46.2 Å². The Bertz CT molecular complexity index is 1000. The molecule has 138 valence electrons. The SMILES string of the molecule is Cc1cc(-c2ccccc2)nc2c(F)c(B3OC(C)(C)C(C)(C)O3)ccc12. The molecule has 1 aliphatic heterocycles. The Morgan fingerprint density at radius 3 is 2.19 bits per heavy atom. The quantitative estimate of drug-likeness (QED) is 0.621. The van der Waals surface area contributed by atoms with E-state index >= 15 is 4.39 Å². The summed E-state index contributed by atoms with van der Waals surface area (Å²) in [5.74, 6) is -0.383. The van der Waals surface area contributed by atoms with Crippen LogP contribution in [0.15, 0.2) is 48.5 Å². The van der Waals surface area contributed by atoms with Crippen molar-refractivity contribution in [3.8, 4) is 11.3 Å². The Balaban J connectivity index is 1.85. The van der Waals surface area contributed by atoms with Crippen LogP contribution in [0.5, 0.6) is 0 Å². The summed E-state index contributed by atoms with van der Waals surface area (Å²) in [5.41, 5.74) is 2.40. The lowest BCUT2D eigenvalue weighted by atomic mass is 9.78. The number of rotatable bonds is 2. The maximum atomic E-state index is 15.5. The topological polar surface area (TPSA) is 31.4 Å². The maximum absolute atomic E-state index is 15.5. The molecule has 27 heavy (non-hydrogen) atoms. The van der Waals surface area contributed by atoms with Crippen molar-refractivity contribution in [2.45, 2.75) is 45.8 Å². The summed E-state index contributed by atoms with van der Waals surface area (Å²) in [6.07, 6.45) is 0. The molecule has 0 unspecified atom stereocenters. The molecule has 2 aromatic carbocycles. The molecule has 0 amide bonds. The number of nitrogens with zero attached hydrogens (tertiary/aromatic N) is 1. The van der Waals surface area contributed by atoms with E-state index in [1.165, 1.54) is 0 Å². The zero-order chi connectivity index (χ0) is 19.4. The van der Waals surface area contributed by atoms with Crippen LogP contribution >= 0.6 is 0 Å². The van der Waals surface area contributed by atoms with Gasteiger partial charge in [0.25, 0.3) is 0 Å². The summed E-state index contributed by atoms with van der Waals surface area (Å²) in [5, 5.41) is 0.799. The Morgan fingerprint density at radius 2 is 1.56 bits per heavy atom. The highest BCUT2D eigenvalue weighted by Gasteiger charge is 2.52. The van der Waals surface area contributed by atoms with E-state index in [9.17, 15) is 0 Å². The minimum atomic E-state index is -0.748. The van der Waals surface area contributed by atoms with Gasteiger partial charge < -0.3 is 9.31 Å². The molecule has 3 nitrogen and oxygen atoms in total. The predicted molar refractivity (Wildman–Crippen MR) is 108 cm³/mol. The smallest absolute Gasteiger partial charge is 0.399 e. The molecule has 1 saturated heterocycles. The van der Waals surface area contributed by atoms with E-state index in [1.807, 2.05) is 77.1 Å². The lowest BCUT2D eigenvalue weighted by Crippen LogP contribution is -2.41. The summed E-state index contributed by atoms with van der Waals surface area (Å²) in [4.78, 5) is 4.62. The second kappa shape index (κ2) is 6.15. The molecule has 5 heteroatoms. The van der Waals surface area contributed by atoms with Crippen LogP contribution in [0, 0.1) is 12.7 Å². The van der Waals surface area contributed by atoms with Crippen LogP contribution in [0.25, 0.3) is 22.2 Å². The molecule has 1 aliphatic rings. The fourth-order valence-corrected chi connectivity index (χ4v) is 3.35. The molecule has 0 radical (unpaired) electrons. The van der Waals surface area contributed by atoms with Crippen LogP contribution in [0.3, 0.4) is 0 Å². The van der Waals surface area contributed by atoms with Gasteiger partial charge >= 0.3 is 7.12 Å². The maximum Gasteiger partial charge on any atom is 0.497 e. The van der Waals surface area contributed by atoms with Gasteiger partial charge in [-0.3, -0.25) is 0 Å². The molecule has 0 atom stereocenters. The standard InChI is InChI=1S/C22H23BFNO2/c1-14-13-18(15-9-7-6-8-10-15)25-20-16(14)11-12-17(19(20)24)23-26-21(2,3)22(4,5)27-23/h6-13H,1-5H3. The fourth-order valence-electron chi connectivity index (χ4n) is 3.35.